The summed E-state index contributed by atoms with van der Waals surface area (Å²) in [6, 6.07) is 9.45. The molecule has 7 nitrogen and oxygen atoms in total. The van der Waals surface area contributed by atoms with Crippen molar-refractivity contribution in [1.29, 1.82) is 0 Å². The van der Waals surface area contributed by atoms with Crippen LogP contribution in [0.5, 0.6) is 0 Å². The molecule has 0 fully saturated rings. The third kappa shape index (κ3) is 4.14. The second kappa shape index (κ2) is 7.60. The number of aryl methyl sites for hydroxylation is 1. The average Bonchev–Trinajstić information content (AvgIpc) is 3.02. The van der Waals surface area contributed by atoms with E-state index >= 15 is 0 Å². The Labute approximate surface area is 150 Å². The molecule has 0 saturated carbocycles. The first-order valence-electron chi connectivity index (χ1n) is 8.03. The number of nitrogens with one attached hydrogen (secondary N) is 1. The molecule has 1 aromatic carbocycles. The van der Waals surface area contributed by atoms with Crippen LogP contribution in [0.4, 0.5) is 10.5 Å². The van der Waals surface area contributed by atoms with Gasteiger partial charge in [0, 0.05) is 17.9 Å². The zero-order valence-electron chi connectivity index (χ0n) is 13.9. The quantitative estimate of drug-likeness (QED) is 0.801. The summed E-state index contributed by atoms with van der Waals surface area (Å²) in [6.45, 7) is 1.65. The number of carbonyl (C=O) groups excluding carboxylic acids is 1. The van der Waals surface area contributed by atoms with E-state index in [2.05, 4.69) is 10.4 Å². The van der Waals surface area contributed by atoms with Crippen LogP contribution in [0.2, 0.25) is 0 Å². The molecule has 1 aromatic heterocycles. The molecule has 2 heterocycles. The van der Waals surface area contributed by atoms with Gasteiger partial charge in [0.05, 0.1) is 36.6 Å². The van der Waals surface area contributed by atoms with E-state index in [0.29, 0.717) is 26.1 Å². The Balaban J connectivity index is 1.65. The summed E-state index contributed by atoms with van der Waals surface area (Å²) < 4.78 is 1.86. The van der Waals surface area contributed by atoms with Gasteiger partial charge in [-0.05, 0) is 24.5 Å². The van der Waals surface area contributed by atoms with Gasteiger partial charge in [-0.25, -0.2) is 4.79 Å². The number of carbonyl (C=O) groups is 2. The Bertz CT molecular complexity index is 790. The third-order valence-electron chi connectivity index (χ3n) is 4.08. The number of carboxylic acid groups (broad SMARTS) is 1. The molecule has 3 rings (SSSR count). The normalized spacial score (nSPS) is 13.4. The Kier molecular flexibility index (Phi) is 5.28. The lowest BCUT2D eigenvalue weighted by molar-refractivity contribution is -0.136. The lowest BCUT2D eigenvalue weighted by atomic mass is 10.2. The smallest absolute Gasteiger partial charge is 0.322 e. The van der Waals surface area contributed by atoms with E-state index < -0.39 is 5.97 Å². The minimum absolute atomic E-state index is 0.0616. The standard InChI is InChI=1S/C17H20N4O3S/c1-25-15-5-3-2-4-14(15)18-17(24)20-8-9-21-13(11-20)10-12(19-21)6-7-16(22)23/h2-5,10H,6-9,11H2,1H3,(H,18,24)(H,22,23). The fourth-order valence-corrected chi connectivity index (χ4v) is 3.35. The van der Waals surface area contributed by atoms with Gasteiger partial charge in [0.1, 0.15) is 0 Å². The minimum atomic E-state index is -0.834. The number of aromatic nitrogens is 2. The second-order valence-electron chi connectivity index (χ2n) is 5.80. The third-order valence-corrected chi connectivity index (χ3v) is 4.88. The van der Waals surface area contributed by atoms with Crippen molar-refractivity contribution < 1.29 is 14.7 Å². The number of anilines is 1. The molecule has 0 radical (unpaired) electrons. The molecule has 0 unspecified atom stereocenters. The molecule has 132 valence electrons. The number of fused-ring (bicyclic) bond motifs is 1. The van der Waals surface area contributed by atoms with Gasteiger partial charge in [0.25, 0.3) is 0 Å². The van der Waals surface area contributed by atoms with Gasteiger partial charge in [-0.3, -0.25) is 9.48 Å². The predicted octanol–water partition coefficient (Wildman–Crippen LogP) is 2.67. The van der Waals surface area contributed by atoms with Crippen molar-refractivity contribution in [1.82, 2.24) is 14.7 Å². The van der Waals surface area contributed by atoms with Crippen molar-refractivity contribution >= 4 is 29.4 Å². The minimum Gasteiger partial charge on any atom is -0.481 e. The summed E-state index contributed by atoms with van der Waals surface area (Å²) >= 11 is 1.59. The molecule has 0 saturated heterocycles. The maximum absolute atomic E-state index is 12.6. The van der Waals surface area contributed by atoms with Gasteiger partial charge in [0.15, 0.2) is 0 Å². The molecule has 0 bridgehead atoms. The summed E-state index contributed by atoms with van der Waals surface area (Å²) in [5.41, 5.74) is 2.49. The fourth-order valence-electron chi connectivity index (χ4n) is 2.80. The van der Waals surface area contributed by atoms with Crippen molar-refractivity contribution in [3.8, 4) is 0 Å². The van der Waals surface area contributed by atoms with Crippen molar-refractivity contribution in [2.45, 2.75) is 30.8 Å². The molecule has 2 amide bonds. The fraction of sp³-hybridized carbons (Fsp3) is 0.353. The van der Waals surface area contributed by atoms with Crippen LogP contribution in [-0.2, 0) is 24.3 Å². The molecular formula is C17H20N4O3S. The molecule has 25 heavy (non-hydrogen) atoms. The summed E-state index contributed by atoms with van der Waals surface area (Å²) in [5, 5.41) is 16.2. The first-order valence-corrected chi connectivity index (χ1v) is 9.25. The topological polar surface area (TPSA) is 87.5 Å². The Hall–Kier alpha value is -2.48. The van der Waals surface area contributed by atoms with E-state index in [4.69, 9.17) is 5.11 Å². The summed E-state index contributed by atoms with van der Waals surface area (Å²) in [7, 11) is 0. The molecule has 8 heteroatoms. The van der Waals surface area contributed by atoms with Crippen LogP contribution in [0.25, 0.3) is 0 Å². The number of carboxylic acids is 1. The van der Waals surface area contributed by atoms with Crippen LogP contribution in [0.3, 0.4) is 0 Å². The van der Waals surface area contributed by atoms with E-state index in [9.17, 15) is 9.59 Å². The van der Waals surface area contributed by atoms with Crippen LogP contribution in [-0.4, -0.2) is 44.6 Å². The van der Waals surface area contributed by atoms with Crippen molar-refractivity contribution in [3.05, 3.63) is 41.7 Å². The summed E-state index contributed by atoms with van der Waals surface area (Å²) in [5.74, 6) is -0.834. The number of rotatable bonds is 5. The zero-order valence-corrected chi connectivity index (χ0v) is 14.8. The van der Waals surface area contributed by atoms with E-state index in [1.807, 2.05) is 41.3 Å². The number of urea groups is 1. The number of thioether (sulfide) groups is 1. The molecule has 2 N–H and O–H groups in total. The van der Waals surface area contributed by atoms with Crippen molar-refractivity contribution in [2.24, 2.45) is 0 Å². The average molecular weight is 360 g/mol. The summed E-state index contributed by atoms with van der Waals surface area (Å²) in [4.78, 5) is 26.0. The molecule has 1 aliphatic rings. The number of amides is 2. The van der Waals surface area contributed by atoms with Crippen LogP contribution >= 0.6 is 11.8 Å². The predicted molar refractivity (Wildman–Crippen MR) is 95.8 cm³/mol. The lowest BCUT2D eigenvalue weighted by Gasteiger charge is -2.28. The van der Waals surface area contributed by atoms with Crippen LogP contribution in [0.15, 0.2) is 35.2 Å². The van der Waals surface area contributed by atoms with E-state index in [1.54, 1.807) is 16.7 Å². The van der Waals surface area contributed by atoms with Gasteiger partial charge in [-0.1, -0.05) is 12.1 Å². The number of aliphatic carboxylic acids is 1. The van der Waals surface area contributed by atoms with Crippen molar-refractivity contribution in [2.75, 3.05) is 18.1 Å². The van der Waals surface area contributed by atoms with E-state index in [0.717, 1.165) is 22.0 Å². The molecule has 0 atom stereocenters. The van der Waals surface area contributed by atoms with Gasteiger partial charge >= 0.3 is 12.0 Å². The van der Waals surface area contributed by atoms with Crippen LogP contribution in [0.1, 0.15) is 17.8 Å². The number of hydrogen-bond acceptors (Lipinski definition) is 4. The maximum Gasteiger partial charge on any atom is 0.322 e. The highest BCUT2D eigenvalue weighted by atomic mass is 32.2. The zero-order chi connectivity index (χ0) is 17.8. The Morgan fingerprint density at radius 3 is 2.88 bits per heavy atom. The largest absolute Gasteiger partial charge is 0.481 e. The molecule has 1 aliphatic heterocycles. The highest BCUT2D eigenvalue weighted by molar-refractivity contribution is 7.98. The van der Waals surface area contributed by atoms with Gasteiger partial charge in [-0.15, -0.1) is 11.8 Å². The number of hydrogen-bond donors (Lipinski definition) is 2. The van der Waals surface area contributed by atoms with Crippen LogP contribution in [0, 0.1) is 0 Å². The summed E-state index contributed by atoms with van der Waals surface area (Å²) in [6.07, 6.45) is 2.44. The first-order chi connectivity index (χ1) is 12.1. The Morgan fingerprint density at radius 2 is 2.12 bits per heavy atom. The molecule has 0 aliphatic carbocycles. The first kappa shape index (κ1) is 17.3. The van der Waals surface area contributed by atoms with Gasteiger partial charge in [0.2, 0.25) is 0 Å². The van der Waals surface area contributed by atoms with E-state index in [1.165, 1.54) is 0 Å². The van der Waals surface area contributed by atoms with Gasteiger partial charge in [-0.2, -0.15) is 5.10 Å². The van der Waals surface area contributed by atoms with Crippen molar-refractivity contribution in [3.63, 3.8) is 0 Å². The molecule has 0 spiro atoms. The molecular weight excluding hydrogens is 340 g/mol. The molecule has 2 aromatic rings. The highest BCUT2D eigenvalue weighted by Gasteiger charge is 2.23. The van der Waals surface area contributed by atoms with Crippen LogP contribution < -0.4 is 5.32 Å². The number of nitrogens with zero attached hydrogens (tertiary/aromatic N) is 3. The van der Waals surface area contributed by atoms with Gasteiger partial charge < -0.3 is 15.3 Å². The Morgan fingerprint density at radius 1 is 1.32 bits per heavy atom. The number of benzene rings is 1. The monoisotopic (exact) mass is 360 g/mol. The number of para-hydroxylation sites is 1. The maximum atomic E-state index is 12.6. The SMILES string of the molecule is CSc1ccccc1NC(=O)N1CCn2nc(CCC(=O)O)cc2C1. The second-order valence-corrected chi connectivity index (χ2v) is 6.64. The van der Waals surface area contributed by atoms with E-state index in [-0.39, 0.29) is 12.5 Å². The highest BCUT2D eigenvalue weighted by Crippen LogP contribution is 2.25. The lowest BCUT2D eigenvalue weighted by Crippen LogP contribution is -2.40.